The van der Waals surface area contributed by atoms with Gasteiger partial charge in [-0.15, -0.1) is 0 Å². The Morgan fingerprint density at radius 2 is 1.89 bits per heavy atom. The van der Waals surface area contributed by atoms with Crippen molar-refractivity contribution in [2.45, 2.75) is 18.9 Å². The van der Waals surface area contributed by atoms with Crippen LogP contribution in [0.5, 0.6) is 0 Å². The number of nitrogens with zero attached hydrogens (tertiary/aromatic N) is 4. The van der Waals surface area contributed by atoms with Crippen LogP contribution in [0.1, 0.15) is 33.8 Å². The SMILES string of the molecule is CS(=O)(=O)N1CCC(NC(=O)c2[nH]ncc2NC(=O)c2nccnc2Cl)CC1. The fourth-order valence-corrected chi connectivity index (χ4v) is 3.86. The van der Waals surface area contributed by atoms with Crippen LogP contribution in [0.3, 0.4) is 0 Å². The van der Waals surface area contributed by atoms with E-state index in [1.807, 2.05) is 0 Å². The predicted octanol–water partition coefficient (Wildman–Crippen LogP) is 0.259. The molecular formula is C15H18ClN7O4S. The Balaban J connectivity index is 1.63. The molecular weight excluding hydrogens is 410 g/mol. The highest BCUT2D eigenvalue weighted by Crippen LogP contribution is 2.17. The quantitative estimate of drug-likeness (QED) is 0.619. The summed E-state index contributed by atoms with van der Waals surface area (Å²) in [5.41, 5.74) is 0.154. The Morgan fingerprint density at radius 1 is 1.21 bits per heavy atom. The Morgan fingerprint density at radius 3 is 2.54 bits per heavy atom. The number of nitrogens with one attached hydrogen (secondary N) is 3. The molecule has 0 aliphatic carbocycles. The molecule has 3 N–H and O–H groups in total. The van der Waals surface area contributed by atoms with Gasteiger partial charge in [0.05, 0.1) is 18.1 Å². The zero-order valence-corrected chi connectivity index (χ0v) is 16.4. The van der Waals surface area contributed by atoms with Gasteiger partial charge in [-0.05, 0) is 12.8 Å². The van der Waals surface area contributed by atoms with E-state index in [9.17, 15) is 18.0 Å². The van der Waals surface area contributed by atoms with E-state index >= 15 is 0 Å². The largest absolute Gasteiger partial charge is 0.348 e. The molecule has 0 unspecified atom stereocenters. The molecule has 2 amide bonds. The zero-order chi connectivity index (χ0) is 20.3. The van der Waals surface area contributed by atoms with Gasteiger partial charge >= 0.3 is 0 Å². The number of halogens is 1. The third-order valence-electron chi connectivity index (χ3n) is 4.24. The van der Waals surface area contributed by atoms with Crippen LogP contribution >= 0.6 is 11.6 Å². The molecule has 2 aromatic rings. The van der Waals surface area contributed by atoms with Gasteiger partial charge < -0.3 is 10.6 Å². The van der Waals surface area contributed by atoms with Crippen molar-refractivity contribution in [1.29, 1.82) is 0 Å². The molecule has 3 heterocycles. The lowest BCUT2D eigenvalue weighted by molar-refractivity contribution is 0.0919. The topological polar surface area (TPSA) is 150 Å². The first-order valence-corrected chi connectivity index (χ1v) is 10.6. The Hall–Kier alpha value is -2.57. The van der Waals surface area contributed by atoms with E-state index < -0.39 is 21.8 Å². The van der Waals surface area contributed by atoms with Crippen molar-refractivity contribution in [3.05, 3.63) is 35.1 Å². The molecule has 150 valence electrons. The van der Waals surface area contributed by atoms with Gasteiger partial charge in [-0.1, -0.05) is 11.6 Å². The Kier molecular flexibility index (Phi) is 5.91. The molecule has 2 aromatic heterocycles. The van der Waals surface area contributed by atoms with Crippen molar-refractivity contribution in [3.8, 4) is 0 Å². The first-order chi connectivity index (χ1) is 13.3. The zero-order valence-electron chi connectivity index (χ0n) is 14.8. The van der Waals surface area contributed by atoms with Gasteiger partial charge in [-0.3, -0.25) is 14.7 Å². The van der Waals surface area contributed by atoms with Crippen molar-refractivity contribution in [2.75, 3.05) is 24.7 Å². The Labute approximate surface area is 165 Å². The summed E-state index contributed by atoms with van der Waals surface area (Å²) in [6.45, 7) is 0.670. The molecule has 0 spiro atoms. The smallest absolute Gasteiger partial charge is 0.277 e. The van der Waals surface area contributed by atoms with Crippen LogP contribution in [0.4, 0.5) is 5.69 Å². The number of carbonyl (C=O) groups is 2. The number of hydrogen-bond acceptors (Lipinski definition) is 7. The molecule has 0 aromatic carbocycles. The molecule has 0 saturated carbocycles. The summed E-state index contributed by atoms with van der Waals surface area (Å²) in [6.07, 6.45) is 6.11. The van der Waals surface area contributed by atoms with Crippen LogP contribution in [0.2, 0.25) is 5.15 Å². The molecule has 1 saturated heterocycles. The van der Waals surface area contributed by atoms with Crippen LogP contribution in [0.15, 0.2) is 18.6 Å². The molecule has 1 fully saturated rings. The van der Waals surface area contributed by atoms with Crippen LogP contribution in [-0.4, -0.2) is 70.1 Å². The van der Waals surface area contributed by atoms with E-state index in [-0.39, 0.29) is 28.3 Å². The third-order valence-corrected chi connectivity index (χ3v) is 5.82. The van der Waals surface area contributed by atoms with Gasteiger partial charge in [0.2, 0.25) is 10.0 Å². The van der Waals surface area contributed by atoms with Gasteiger partial charge in [0.1, 0.15) is 5.69 Å². The highest BCUT2D eigenvalue weighted by molar-refractivity contribution is 7.88. The molecule has 3 rings (SSSR count). The summed E-state index contributed by atoms with van der Waals surface area (Å²) in [7, 11) is -3.24. The minimum Gasteiger partial charge on any atom is -0.348 e. The summed E-state index contributed by atoms with van der Waals surface area (Å²) >= 11 is 5.85. The minimum atomic E-state index is -3.24. The minimum absolute atomic E-state index is 0.0628. The fraction of sp³-hybridized carbons (Fsp3) is 0.400. The summed E-state index contributed by atoms with van der Waals surface area (Å²) in [5, 5.41) is 11.6. The lowest BCUT2D eigenvalue weighted by Crippen LogP contribution is -2.46. The first-order valence-electron chi connectivity index (χ1n) is 8.33. The fourth-order valence-electron chi connectivity index (χ4n) is 2.80. The number of piperidine rings is 1. The van der Waals surface area contributed by atoms with Crippen LogP contribution in [0.25, 0.3) is 0 Å². The summed E-state index contributed by atoms with van der Waals surface area (Å²) in [5.74, 6) is -1.09. The number of hydrogen-bond donors (Lipinski definition) is 3. The summed E-state index contributed by atoms with van der Waals surface area (Å²) in [4.78, 5) is 32.5. The number of aromatic amines is 1. The summed E-state index contributed by atoms with van der Waals surface area (Å²) < 4.78 is 24.5. The number of rotatable bonds is 5. The van der Waals surface area contributed by atoms with E-state index in [0.717, 1.165) is 6.26 Å². The molecule has 1 aliphatic rings. The van der Waals surface area contributed by atoms with Crippen molar-refractivity contribution in [3.63, 3.8) is 0 Å². The van der Waals surface area contributed by atoms with Crippen LogP contribution < -0.4 is 10.6 Å². The average Bonchev–Trinajstić information content (AvgIpc) is 3.10. The highest BCUT2D eigenvalue weighted by Gasteiger charge is 2.27. The predicted molar refractivity (Wildman–Crippen MR) is 100 cm³/mol. The number of carbonyl (C=O) groups excluding carboxylic acids is 2. The van der Waals surface area contributed by atoms with Gasteiger partial charge in [-0.25, -0.2) is 22.7 Å². The first kappa shape index (κ1) is 20.2. The van der Waals surface area contributed by atoms with E-state index in [4.69, 9.17) is 11.6 Å². The maximum atomic E-state index is 12.5. The monoisotopic (exact) mass is 427 g/mol. The third kappa shape index (κ3) is 4.64. The van der Waals surface area contributed by atoms with E-state index in [1.54, 1.807) is 0 Å². The number of aromatic nitrogens is 4. The second-order valence-corrected chi connectivity index (χ2v) is 8.56. The van der Waals surface area contributed by atoms with Gasteiger partial charge in [0, 0.05) is 31.5 Å². The highest BCUT2D eigenvalue weighted by atomic mass is 35.5. The number of sulfonamides is 1. The summed E-state index contributed by atoms with van der Waals surface area (Å²) in [6, 6.07) is -0.188. The number of anilines is 1. The molecule has 0 atom stereocenters. The molecule has 1 aliphatic heterocycles. The maximum absolute atomic E-state index is 12.5. The van der Waals surface area contributed by atoms with Crippen molar-refractivity contribution < 1.29 is 18.0 Å². The molecule has 13 heteroatoms. The van der Waals surface area contributed by atoms with E-state index in [1.165, 1.54) is 22.9 Å². The van der Waals surface area contributed by atoms with Crippen LogP contribution in [0, 0.1) is 0 Å². The van der Waals surface area contributed by atoms with Gasteiger partial charge in [0.25, 0.3) is 11.8 Å². The second kappa shape index (κ2) is 8.20. The molecule has 11 nitrogen and oxygen atoms in total. The Bertz CT molecular complexity index is 986. The van der Waals surface area contributed by atoms with Crippen LogP contribution in [-0.2, 0) is 10.0 Å². The molecule has 0 bridgehead atoms. The van der Waals surface area contributed by atoms with E-state index in [0.29, 0.717) is 25.9 Å². The average molecular weight is 428 g/mol. The lowest BCUT2D eigenvalue weighted by Gasteiger charge is -2.30. The number of amides is 2. The van der Waals surface area contributed by atoms with Gasteiger partial charge in [0.15, 0.2) is 10.8 Å². The normalized spacial score (nSPS) is 15.9. The molecule has 28 heavy (non-hydrogen) atoms. The number of H-pyrrole nitrogens is 1. The lowest BCUT2D eigenvalue weighted by atomic mass is 10.1. The standard InChI is InChI=1S/C15H18ClN7O4S/c1-28(26,27)23-6-2-9(3-7-23)20-14(24)11-10(8-19-22-11)21-15(25)12-13(16)18-5-4-17-12/h4-5,8-9H,2-3,6-7H2,1H3,(H,19,22)(H,20,24)(H,21,25). The second-order valence-electron chi connectivity index (χ2n) is 6.22. The van der Waals surface area contributed by atoms with E-state index in [2.05, 4.69) is 30.8 Å². The maximum Gasteiger partial charge on any atom is 0.277 e. The van der Waals surface area contributed by atoms with Crippen molar-refractivity contribution in [2.24, 2.45) is 0 Å². The van der Waals surface area contributed by atoms with Gasteiger partial charge in [-0.2, -0.15) is 5.10 Å². The van der Waals surface area contributed by atoms with Crippen molar-refractivity contribution in [1.82, 2.24) is 29.8 Å². The molecule has 0 radical (unpaired) electrons. The van der Waals surface area contributed by atoms with Crippen molar-refractivity contribution >= 4 is 39.1 Å².